The van der Waals surface area contributed by atoms with Crippen LogP contribution in [0.25, 0.3) is 10.9 Å². The standard InChI is InChI=1S/C21H28N4O4/c1-21(2,3)29-20(28)24-11-8-15(9-12-24)23-18(26)10-13-25-14-22-17-7-5-4-6-16(17)19(25)27/h4-7,14-15H,8-13H2,1-3H3,(H,23,26). The van der Waals surface area contributed by atoms with Gasteiger partial charge in [-0.15, -0.1) is 0 Å². The zero-order chi connectivity index (χ0) is 21.0. The summed E-state index contributed by atoms with van der Waals surface area (Å²) in [5, 5.41) is 3.55. The van der Waals surface area contributed by atoms with Gasteiger partial charge in [-0.2, -0.15) is 0 Å². The van der Waals surface area contributed by atoms with Crippen molar-refractivity contribution in [3.05, 3.63) is 40.9 Å². The quantitative estimate of drug-likeness (QED) is 0.850. The van der Waals surface area contributed by atoms with E-state index in [0.29, 0.717) is 36.8 Å². The third-order valence-corrected chi connectivity index (χ3v) is 4.82. The van der Waals surface area contributed by atoms with Crippen molar-refractivity contribution in [1.29, 1.82) is 0 Å². The molecular weight excluding hydrogens is 372 g/mol. The van der Waals surface area contributed by atoms with Crippen molar-refractivity contribution in [3.8, 4) is 0 Å². The van der Waals surface area contributed by atoms with E-state index in [4.69, 9.17) is 4.74 Å². The summed E-state index contributed by atoms with van der Waals surface area (Å²) < 4.78 is 6.85. The number of benzene rings is 1. The van der Waals surface area contributed by atoms with E-state index >= 15 is 0 Å². The molecule has 2 heterocycles. The zero-order valence-corrected chi connectivity index (χ0v) is 17.2. The van der Waals surface area contributed by atoms with E-state index in [1.54, 1.807) is 23.1 Å². The normalized spacial score (nSPS) is 15.3. The molecule has 0 spiro atoms. The van der Waals surface area contributed by atoms with Gasteiger partial charge in [0.05, 0.1) is 17.2 Å². The molecule has 0 bridgehead atoms. The van der Waals surface area contributed by atoms with E-state index in [0.717, 1.165) is 0 Å². The SMILES string of the molecule is CC(C)(C)OC(=O)N1CCC(NC(=O)CCn2cnc3ccccc3c2=O)CC1. The first-order valence-electron chi connectivity index (χ1n) is 9.94. The minimum Gasteiger partial charge on any atom is -0.444 e. The van der Waals surface area contributed by atoms with E-state index in [2.05, 4.69) is 10.3 Å². The van der Waals surface area contributed by atoms with Gasteiger partial charge in [0.15, 0.2) is 0 Å². The van der Waals surface area contributed by atoms with Crippen molar-refractivity contribution >= 4 is 22.9 Å². The molecule has 1 aromatic carbocycles. The van der Waals surface area contributed by atoms with E-state index < -0.39 is 5.60 Å². The summed E-state index contributed by atoms with van der Waals surface area (Å²) >= 11 is 0. The molecule has 1 aromatic heterocycles. The van der Waals surface area contributed by atoms with Crippen molar-refractivity contribution in [1.82, 2.24) is 19.8 Å². The van der Waals surface area contributed by atoms with Crippen LogP contribution in [-0.4, -0.2) is 51.2 Å². The first-order valence-corrected chi connectivity index (χ1v) is 9.94. The lowest BCUT2D eigenvalue weighted by Gasteiger charge is -2.33. The summed E-state index contributed by atoms with van der Waals surface area (Å²) in [4.78, 5) is 42.8. The largest absolute Gasteiger partial charge is 0.444 e. The minimum atomic E-state index is -0.516. The molecule has 2 amide bonds. The van der Waals surface area contributed by atoms with E-state index in [1.165, 1.54) is 10.9 Å². The molecule has 0 radical (unpaired) electrons. The van der Waals surface area contributed by atoms with Gasteiger partial charge < -0.3 is 15.0 Å². The van der Waals surface area contributed by atoms with Crippen LogP contribution < -0.4 is 10.9 Å². The molecule has 2 aromatic rings. The van der Waals surface area contributed by atoms with E-state index in [1.807, 2.05) is 26.8 Å². The molecule has 0 saturated carbocycles. The Hall–Kier alpha value is -2.90. The number of para-hydroxylation sites is 1. The number of rotatable bonds is 4. The predicted molar refractivity (Wildman–Crippen MR) is 110 cm³/mol. The second-order valence-electron chi connectivity index (χ2n) is 8.32. The van der Waals surface area contributed by atoms with Crippen LogP contribution in [0.15, 0.2) is 35.4 Å². The Morgan fingerprint density at radius 3 is 2.59 bits per heavy atom. The van der Waals surface area contributed by atoms with Gasteiger partial charge in [0.25, 0.3) is 5.56 Å². The number of hydrogen-bond donors (Lipinski definition) is 1. The summed E-state index contributed by atoms with van der Waals surface area (Å²) in [7, 11) is 0. The van der Waals surface area contributed by atoms with Crippen LogP contribution >= 0.6 is 0 Å². The lowest BCUT2D eigenvalue weighted by atomic mass is 10.1. The molecule has 156 valence electrons. The van der Waals surface area contributed by atoms with Gasteiger partial charge in [-0.25, -0.2) is 9.78 Å². The molecule has 8 nitrogen and oxygen atoms in total. The molecule has 8 heteroatoms. The summed E-state index contributed by atoms with van der Waals surface area (Å²) in [6.07, 6.45) is 2.74. The van der Waals surface area contributed by atoms with Gasteiger partial charge >= 0.3 is 6.09 Å². The second kappa shape index (κ2) is 8.63. The number of aryl methyl sites for hydroxylation is 1. The first-order chi connectivity index (χ1) is 13.7. The number of carbonyl (C=O) groups is 2. The molecule has 1 N–H and O–H groups in total. The molecule has 1 aliphatic rings. The Bertz CT molecular complexity index is 940. The fourth-order valence-corrected chi connectivity index (χ4v) is 3.32. The molecule has 29 heavy (non-hydrogen) atoms. The number of fused-ring (bicyclic) bond motifs is 1. The lowest BCUT2D eigenvalue weighted by Crippen LogP contribution is -2.48. The maximum atomic E-state index is 12.5. The number of ether oxygens (including phenoxy) is 1. The Morgan fingerprint density at radius 1 is 1.21 bits per heavy atom. The molecule has 3 rings (SSSR count). The van der Waals surface area contributed by atoms with Crippen LogP contribution in [0.3, 0.4) is 0 Å². The summed E-state index contributed by atoms with van der Waals surface area (Å²) in [6.45, 7) is 6.90. The van der Waals surface area contributed by atoms with Crippen molar-refractivity contribution < 1.29 is 14.3 Å². The molecule has 1 saturated heterocycles. The molecule has 1 aliphatic heterocycles. The molecule has 0 atom stereocenters. The number of piperidine rings is 1. The highest BCUT2D eigenvalue weighted by atomic mass is 16.6. The topological polar surface area (TPSA) is 93.5 Å². The average Bonchev–Trinajstić information content (AvgIpc) is 2.67. The highest BCUT2D eigenvalue weighted by Gasteiger charge is 2.27. The monoisotopic (exact) mass is 400 g/mol. The Morgan fingerprint density at radius 2 is 1.90 bits per heavy atom. The van der Waals surface area contributed by atoms with Gasteiger partial charge in [-0.3, -0.25) is 14.2 Å². The van der Waals surface area contributed by atoms with Gasteiger partial charge in [-0.1, -0.05) is 12.1 Å². The number of nitrogens with zero attached hydrogens (tertiary/aromatic N) is 3. The number of hydrogen-bond acceptors (Lipinski definition) is 5. The van der Waals surface area contributed by atoms with Crippen molar-refractivity contribution in [2.75, 3.05) is 13.1 Å². The van der Waals surface area contributed by atoms with Crippen LogP contribution in [0.5, 0.6) is 0 Å². The van der Waals surface area contributed by atoms with Crippen molar-refractivity contribution in [3.63, 3.8) is 0 Å². The number of likely N-dealkylation sites (tertiary alicyclic amines) is 1. The highest BCUT2D eigenvalue weighted by Crippen LogP contribution is 2.15. The van der Waals surface area contributed by atoms with Crippen molar-refractivity contribution in [2.24, 2.45) is 0 Å². The zero-order valence-electron chi connectivity index (χ0n) is 17.2. The second-order valence-corrected chi connectivity index (χ2v) is 8.32. The average molecular weight is 400 g/mol. The van der Waals surface area contributed by atoms with Crippen LogP contribution in [0, 0.1) is 0 Å². The smallest absolute Gasteiger partial charge is 0.410 e. The lowest BCUT2D eigenvalue weighted by molar-refractivity contribution is -0.122. The predicted octanol–water partition coefficient (Wildman–Crippen LogP) is 2.30. The maximum Gasteiger partial charge on any atom is 0.410 e. The summed E-state index contributed by atoms with van der Waals surface area (Å²) in [6, 6.07) is 7.18. The Kier molecular flexibility index (Phi) is 6.20. The van der Waals surface area contributed by atoms with Gasteiger partial charge in [0, 0.05) is 32.1 Å². The maximum absolute atomic E-state index is 12.5. The van der Waals surface area contributed by atoms with Crippen LogP contribution in [0.2, 0.25) is 0 Å². The minimum absolute atomic E-state index is 0.0210. The molecule has 0 unspecified atom stereocenters. The third-order valence-electron chi connectivity index (χ3n) is 4.82. The van der Waals surface area contributed by atoms with Gasteiger partial charge in [0.1, 0.15) is 5.60 Å². The number of carbonyl (C=O) groups excluding carboxylic acids is 2. The van der Waals surface area contributed by atoms with Gasteiger partial charge in [0.2, 0.25) is 5.91 Å². The van der Waals surface area contributed by atoms with E-state index in [-0.39, 0.29) is 36.6 Å². The van der Waals surface area contributed by atoms with E-state index in [9.17, 15) is 14.4 Å². The van der Waals surface area contributed by atoms with Crippen molar-refractivity contribution in [2.45, 2.75) is 58.2 Å². The summed E-state index contributed by atoms with van der Waals surface area (Å²) in [5.41, 5.74) is -0.0123. The first kappa shape index (κ1) is 20.8. The molecular formula is C21H28N4O4. The summed E-state index contributed by atoms with van der Waals surface area (Å²) in [5.74, 6) is -0.110. The highest BCUT2D eigenvalue weighted by molar-refractivity contribution is 5.77. The Balaban J connectivity index is 1.47. The third kappa shape index (κ3) is 5.56. The molecule has 1 fully saturated rings. The van der Waals surface area contributed by atoms with Gasteiger partial charge in [-0.05, 0) is 45.7 Å². The fraction of sp³-hybridized carbons (Fsp3) is 0.524. The fourth-order valence-electron chi connectivity index (χ4n) is 3.32. The number of amides is 2. The van der Waals surface area contributed by atoms with Crippen LogP contribution in [0.1, 0.15) is 40.0 Å². The Labute approximate surface area is 169 Å². The van der Waals surface area contributed by atoms with Crippen LogP contribution in [0.4, 0.5) is 4.79 Å². The number of aromatic nitrogens is 2. The molecule has 0 aliphatic carbocycles. The number of nitrogens with one attached hydrogen (secondary N) is 1. The van der Waals surface area contributed by atoms with Crippen LogP contribution in [-0.2, 0) is 16.1 Å².